The number of ether oxygens (including phenoxy) is 1. The molecule has 508 valence electrons. The molecule has 0 saturated heterocycles. The molecular weight excluding hydrogens is 1670 g/mol. The molecule has 0 aliphatic heterocycles. The molecule has 0 bridgehead atoms. The van der Waals surface area contributed by atoms with Crippen LogP contribution < -0.4 is 27.1 Å². The Morgan fingerprint density at radius 1 is 0.521 bits per heavy atom. The van der Waals surface area contributed by atoms with Crippen molar-refractivity contribution in [2.24, 2.45) is 0 Å². The Hall–Kier alpha value is -5.17. The van der Waals surface area contributed by atoms with E-state index >= 15 is 0 Å². The first-order valence-electron chi connectivity index (χ1n) is 30.5. The zero-order valence-corrected chi connectivity index (χ0v) is 66.1. The summed E-state index contributed by atoms with van der Waals surface area (Å²) < 4.78 is 16.3. The minimum absolute atomic E-state index is 0. The number of hydrogen-bond donors (Lipinski definition) is 6. The van der Waals surface area contributed by atoms with Gasteiger partial charge in [-0.1, -0.05) is 121 Å². The van der Waals surface area contributed by atoms with E-state index in [9.17, 15) is 29.1 Å². The second-order valence-electron chi connectivity index (χ2n) is 20.6. The van der Waals surface area contributed by atoms with E-state index in [1.807, 2.05) is 109 Å². The number of aromatic amines is 4. The van der Waals surface area contributed by atoms with Crippen molar-refractivity contribution in [3.63, 3.8) is 0 Å². The molecule has 0 spiro atoms. The third-order valence-corrected chi connectivity index (χ3v) is 31.5. The molecule has 94 heavy (non-hydrogen) atoms. The standard InChI is InChI=1S/C19H16BrNO.C12H10BrNO2.C12H10BrNO.C5H3Br2NO.C5H5NO.C4H7O.3C4H9.C2H6O.CH2Cl2.H2O.Sn/c20-18-14-21(12-16-9-5-2-6-10-16)13-17(19(18)22)11-15-7-3-1-4-8-15;13-10-7-14-6-9(12(10)16)11(15)8-4-2-1-3-5-8;13-11-8-14-7-10(12(11)15)6-9-4-2-1-3-5-9;6-3-1-8-2-4(7)5(3)9;7-5-1-3-6-4-2-5;1-3-5-4-2;3*1-3-4-2;1-2-3;2-1-3;;/h1-10,13-14H,11-12H2;1-7,11,15H,(H,14,16);1-5,7-8H,6H2,(H,14,15);1-2H,(H,8,9);1-4H,(H,6,7);1,4H2,2H3;3*1,3-4H2,2H3;3H,2H2,1H3;1H2;1H2;. The van der Waals surface area contributed by atoms with Gasteiger partial charge < -0.3 is 40.2 Å². The number of aromatic nitrogens is 5. The van der Waals surface area contributed by atoms with Gasteiger partial charge in [-0.05, 0) is 109 Å². The van der Waals surface area contributed by atoms with Crippen LogP contribution in [0.25, 0.3) is 0 Å². The smallest absolute Gasteiger partial charge is 0.209 e. The second kappa shape index (κ2) is 52.0. The normalized spacial score (nSPS) is 10.4. The zero-order valence-electron chi connectivity index (χ0n) is 53.8. The molecule has 5 heterocycles. The fourth-order valence-corrected chi connectivity index (χ4v) is 25.7. The summed E-state index contributed by atoms with van der Waals surface area (Å²) in [4.78, 5) is 68.2. The average Bonchev–Trinajstić information content (AvgIpc) is 0.910. The van der Waals surface area contributed by atoms with Crippen molar-refractivity contribution in [2.45, 2.75) is 112 Å². The summed E-state index contributed by atoms with van der Waals surface area (Å²) in [5, 5.41) is 17.8. The fraction of sp³-hybridized carbons (Fsp3) is 0.292. The third-order valence-electron chi connectivity index (χ3n) is 13.6. The molecule has 4 aromatic carbocycles. The number of nitrogens with one attached hydrogen (secondary N) is 4. The van der Waals surface area contributed by atoms with E-state index in [0.717, 1.165) is 35.4 Å². The van der Waals surface area contributed by atoms with Crippen LogP contribution in [0.3, 0.4) is 0 Å². The van der Waals surface area contributed by atoms with Crippen LogP contribution in [0.4, 0.5) is 0 Å². The van der Waals surface area contributed by atoms with Gasteiger partial charge in [0.15, 0.2) is 16.3 Å². The van der Waals surface area contributed by atoms with Crippen molar-refractivity contribution >= 4 is 121 Å². The van der Waals surface area contributed by atoms with Gasteiger partial charge in [-0.25, -0.2) is 0 Å². The number of halogens is 7. The number of benzene rings is 4. The number of hydrogen-bond acceptors (Lipinski definition) is 8. The van der Waals surface area contributed by atoms with Crippen LogP contribution in [0.2, 0.25) is 13.3 Å². The van der Waals surface area contributed by atoms with Gasteiger partial charge in [0.05, 0.1) is 27.7 Å². The van der Waals surface area contributed by atoms with E-state index in [2.05, 4.69) is 151 Å². The first kappa shape index (κ1) is 86.8. The Kier molecular flexibility index (Phi) is 48.1. The maximum absolute atomic E-state index is 12.3. The Morgan fingerprint density at radius 2 is 0.904 bits per heavy atom. The van der Waals surface area contributed by atoms with Crippen LogP contribution in [-0.4, -0.2) is 77.1 Å². The molecule has 1 unspecified atom stereocenters. The van der Waals surface area contributed by atoms with Crippen LogP contribution in [0.15, 0.2) is 252 Å². The summed E-state index contributed by atoms with van der Waals surface area (Å²) >= 11 is 23.2. The Labute approximate surface area is 608 Å². The summed E-state index contributed by atoms with van der Waals surface area (Å²) in [7, 11) is 0. The number of unbranched alkanes of at least 4 members (excludes halogenated alkanes) is 3. The van der Waals surface area contributed by atoms with Crippen LogP contribution >= 0.6 is 103 Å². The van der Waals surface area contributed by atoms with Crippen molar-refractivity contribution in [1.29, 1.82) is 0 Å². The van der Waals surface area contributed by atoms with Crippen LogP contribution in [-0.2, 0) is 24.1 Å². The van der Waals surface area contributed by atoms with Gasteiger partial charge in [0.2, 0.25) is 10.9 Å². The van der Waals surface area contributed by atoms with Crippen molar-refractivity contribution in [2.75, 3.05) is 18.6 Å². The van der Waals surface area contributed by atoms with E-state index in [0.29, 0.717) is 46.3 Å². The van der Waals surface area contributed by atoms with Gasteiger partial charge in [-0.15, -0.1) is 23.2 Å². The monoisotopic (exact) mass is 1750 g/mol. The van der Waals surface area contributed by atoms with Crippen LogP contribution in [0.5, 0.6) is 0 Å². The molecule has 0 radical (unpaired) electrons. The number of nitrogens with zero attached hydrogens (tertiary/aromatic N) is 1. The van der Waals surface area contributed by atoms with E-state index in [4.69, 9.17) is 33.0 Å². The molecular formula is C72H88Br5Cl2N5O9Sn. The quantitative estimate of drug-likeness (QED) is 0.0243. The average molecular weight is 1760 g/mol. The number of alkyl halides is 2. The minimum atomic E-state index is -2.24. The van der Waals surface area contributed by atoms with Gasteiger partial charge >= 0.3 is 120 Å². The second-order valence-corrected chi connectivity index (χ2v) is 38.8. The Balaban J connectivity index is 0.000000568. The van der Waals surface area contributed by atoms with Crippen molar-refractivity contribution in [3.05, 3.63) is 318 Å². The van der Waals surface area contributed by atoms with Crippen molar-refractivity contribution < 1.29 is 20.4 Å². The van der Waals surface area contributed by atoms with Gasteiger partial charge in [-0.2, -0.15) is 0 Å². The molecule has 8 N–H and O–H groups in total. The van der Waals surface area contributed by atoms with Gasteiger partial charge in [0.1, 0.15) is 6.10 Å². The number of H-pyrrole nitrogens is 4. The number of aliphatic hydroxyl groups excluding tert-OH is 2. The van der Waals surface area contributed by atoms with E-state index in [1.54, 1.807) is 62.4 Å². The summed E-state index contributed by atoms with van der Waals surface area (Å²) in [6.45, 7) is 16.9. The summed E-state index contributed by atoms with van der Waals surface area (Å²) in [5.41, 5.74) is 6.03. The Morgan fingerprint density at radius 3 is 1.32 bits per heavy atom. The van der Waals surface area contributed by atoms with E-state index < -0.39 is 24.5 Å². The molecule has 9 rings (SSSR count). The molecule has 0 amide bonds. The molecule has 1 atom stereocenters. The summed E-state index contributed by atoms with van der Waals surface area (Å²) in [5.74, 6) is 0. The fourth-order valence-electron chi connectivity index (χ4n) is 8.89. The summed E-state index contributed by atoms with van der Waals surface area (Å²) in [6.07, 6.45) is 25.2. The van der Waals surface area contributed by atoms with Gasteiger partial charge in [0.25, 0.3) is 0 Å². The number of aliphatic hydroxyl groups is 2. The zero-order chi connectivity index (χ0) is 68.8. The molecule has 5 aromatic heterocycles. The predicted molar refractivity (Wildman–Crippen MR) is 411 cm³/mol. The minimum Gasteiger partial charge on any atom is -0.412 e. The number of rotatable bonds is 20. The first-order chi connectivity index (χ1) is 44.8. The largest absolute Gasteiger partial charge is 0.412 e. The van der Waals surface area contributed by atoms with Gasteiger partial charge in [0, 0.05) is 117 Å². The van der Waals surface area contributed by atoms with Crippen LogP contribution in [0.1, 0.15) is 118 Å². The third kappa shape index (κ3) is 34.2. The van der Waals surface area contributed by atoms with Crippen molar-refractivity contribution in [1.82, 2.24) is 24.5 Å². The van der Waals surface area contributed by atoms with E-state index in [-0.39, 0.29) is 44.6 Å². The molecule has 0 aliphatic carbocycles. The van der Waals surface area contributed by atoms with Crippen molar-refractivity contribution in [3.8, 4) is 0 Å². The van der Waals surface area contributed by atoms with Gasteiger partial charge in [-0.3, -0.25) is 24.0 Å². The van der Waals surface area contributed by atoms with Crippen LogP contribution in [0, 0.1) is 0 Å². The predicted octanol–water partition coefficient (Wildman–Crippen LogP) is 18.0. The van der Waals surface area contributed by atoms with E-state index in [1.165, 1.54) is 79.5 Å². The molecule has 22 heteroatoms. The SMILES string of the molecule is C=[C](OCC)[Sn]([CH2]CCC)([CH2]CCC)[CH2]CCC.CCO.ClCCl.O.O=c1c(Br)c[nH]cc1Br.O=c1c(Br)c[nH]cc1C(O)c1ccccc1.O=c1c(Br)c[nH]cc1Cc1ccccc1.O=c1c(Br)cn(Cc2ccccc2)cc1Cc1ccccc1.O=c1cc[nH]cc1. The maximum Gasteiger partial charge on any atom is 0.209 e. The molecule has 14 nitrogen and oxygen atoms in total. The molecule has 0 fully saturated rings. The molecule has 0 saturated carbocycles. The number of pyridine rings is 5. The summed E-state index contributed by atoms with van der Waals surface area (Å²) in [6, 6.07) is 42.3. The Bertz CT molecular complexity index is 3730. The topological polar surface area (TPSA) is 235 Å². The molecule has 0 aliphatic rings. The first-order valence-corrected chi connectivity index (χ1v) is 43.0. The maximum atomic E-state index is 12.3. The molecule has 9 aromatic rings.